The second-order valence-corrected chi connectivity index (χ2v) is 3.83. The quantitative estimate of drug-likeness (QED) is 0.612. The van der Waals surface area contributed by atoms with Crippen molar-refractivity contribution in [2.24, 2.45) is 5.92 Å². The van der Waals surface area contributed by atoms with E-state index in [1.807, 2.05) is 0 Å². The van der Waals surface area contributed by atoms with Crippen molar-refractivity contribution in [2.45, 2.75) is 44.3 Å². The summed E-state index contributed by atoms with van der Waals surface area (Å²) in [5.41, 5.74) is 0. The van der Waals surface area contributed by atoms with Crippen molar-refractivity contribution in [2.75, 3.05) is 6.54 Å². The number of nitrogens with one attached hydrogen (secondary N) is 1. The Labute approximate surface area is 67.4 Å². The second kappa shape index (κ2) is 3.10. The van der Waals surface area contributed by atoms with Gasteiger partial charge in [0.1, 0.15) is 6.17 Å². The highest BCUT2D eigenvalue weighted by molar-refractivity contribution is 4.90. The van der Waals surface area contributed by atoms with Crippen LogP contribution < -0.4 is 5.32 Å². The van der Waals surface area contributed by atoms with E-state index in [1.165, 1.54) is 25.7 Å². The molecule has 0 aromatic heterocycles. The number of alkyl halides is 1. The first kappa shape index (κ1) is 7.53. The number of rotatable bonds is 1. The van der Waals surface area contributed by atoms with Crippen LogP contribution in [0.3, 0.4) is 0 Å². The van der Waals surface area contributed by atoms with Gasteiger partial charge in [-0.1, -0.05) is 12.8 Å². The molecule has 0 radical (unpaired) electrons. The Balaban J connectivity index is 1.92. The molecule has 11 heavy (non-hydrogen) atoms. The standard InChI is InChI=1S/C9H16FN/c10-8-5-6-11-9(8)7-3-1-2-4-7/h7-9,11H,1-6H2. The Hall–Kier alpha value is -0.110. The van der Waals surface area contributed by atoms with E-state index < -0.39 is 6.17 Å². The van der Waals surface area contributed by atoms with Crippen LogP contribution >= 0.6 is 0 Å². The summed E-state index contributed by atoms with van der Waals surface area (Å²) in [5.74, 6) is 0.646. The van der Waals surface area contributed by atoms with E-state index in [4.69, 9.17) is 0 Å². The highest BCUT2D eigenvalue weighted by Gasteiger charge is 2.34. The van der Waals surface area contributed by atoms with Crippen LogP contribution in [0, 0.1) is 5.92 Å². The van der Waals surface area contributed by atoms with Gasteiger partial charge in [0.15, 0.2) is 0 Å². The van der Waals surface area contributed by atoms with Crippen molar-refractivity contribution in [1.29, 1.82) is 0 Å². The largest absolute Gasteiger partial charge is 0.311 e. The van der Waals surface area contributed by atoms with E-state index in [2.05, 4.69) is 5.32 Å². The van der Waals surface area contributed by atoms with Gasteiger partial charge < -0.3 is 5.32 Å². The molecule has 2 fully saturated rings. The molecule has 0 amide bonds. The highest BCUT2D eigenvalue weighted by Crippen LogP contribution is 2.32. The van der Waals surface area contributed by atoms with Gasteiger partial charge in [0, 0.05) is 6.04 Å². The monoisotopic (exact) mass is 157 g/mol. The fourth-order valence-electron chi connectivity index (χ4n) is 2.47. The summed E-state index contributed by atoms with van der Waals surface area (Å²) in [6, 6.07) is 0.206. The molecule has 2 heteroatoms. The molecule has 2 unspecified atom stereocenters. The minimum Gasteiger partial charge on any atom is -0.311 e. The maximum absolute atomic E-state index is 13.2. The predicted molar refractivity (Wildman–Crippen MR) is 43.3 cm³/mol. The van der Waals surface area contributed by atoms with E-state index in [-0.39, 0.29) is 6.04 Å². The number of hydrogen-bond acceptors (Lipinski definition) is 1. The summed E-state index contributed by atoms with van der Waals surface area (Å²) in [6.45, 7) is 0.891. The van der Waals surface area contributed by atoms with Gasteiger partial charge in [-0.2, -0.15) is 0 Å². The van der Waals surface area contributed by atoms with Crippen molar-refractivity contribution in [3.8, 4) is 0 Å². The molecule has 1 nitrogen and oxygen atoms in total. The van der Waals surface area contributed by atoms with E-state index in [0.717, 1.165) is 13.0 Å². The van der Waals surface area contributed by atoms with Crippen LogP contribution in [0.1, 0.15) is 32.1 Å². The lowest BCUT2D eigenvalue weighted by Crippen LogP contribution is -2.34. The predicted octanol–water partition coefficient (Wildman–Crippen LogP) is 1.88. The average molecular weight is 157 g/mol. The second-order valence-electron chi connectivity index (χ2n) is 3.83. The van der Waals surface area contributed by atoms with Crippen molar-refractivity contribution in [3.63, 3.8) is 0 Å². The maximum Gasteiger partial charge on any atom is 0.117 e. The fraction of sp³-hybridized carbons (Fsp3) is 1.00. The summed E-state index contributed by atoms with van der Waals surface area (Å²) >= 11 is 0. The maximum atomic E-state index is 13.2. The van der Waals surface area contributed by atoms with Crippen LogP contribution in [0.4, 0.5) is 4.39 Å². The molecular formula is C9H16FN. The van der Waals surface area contributed by atoms with E-state index in [0.29, 0.717) is 5.92 Å². The summed E-state index contributed by atoms with van der Waals surface area (Å²) in [6.07, 6.45) is 5.31. The molecule has 2 rings (SSSR count). The molecule has 0 aromatic carbocycles. The molecule has 0 bridgehead atoms. The Kier molecular flexibility index (Phi) is 2.12. The van der Waals surface area contributed by atoms with Gasteiger partial charge in [0.05, 0.1) is 0 Å². The molecule has 1 saturated heterocycles. The minimum absolute atomic E-state index is 0.206. The highest BCUT2D eigenvalue weighted by atomic mass is 19.1. The van der Waals surface area contributed by atoms with Gasteiger partial charge >= 0.3 is 0 Å². The van der Waals surface area contributed by atoms with Gasteiger partial charge in [-0.25, -0.2) is 4.39 Å². The zero-order valence-corrected chi connectivity index (χ0v) is 6.85. The average Bonchev–Trinajstić information content (AvgIpc) is 2.55. The van der Waals surface area contributed by atoms with Gasteiger partial charge in [-0.3, -0.25) is 0 Å². The lowest BCUT2D eigenvalue weighted by Gasteiger charge is -2.19. The third-order valence-electron chi connectivity index (χ3n) is 3.10. The zero-order valence-electron chi connectivity index (χ0n) is 6.85. The molecule has 1 aliphatic carbocycles. The van der Waals surface area contributed by atoms with Gasteiger partial charge in [0.2, 0.25) is 0 Å². The normalized spacial score (nSPS) is 40.1. The molecule has 2 aliphatic rings. The summed E-state index contributed by atoms with van der Waals surface area (Å²) in [7, 11) is 0. The molecule has 1 aliphatic heterocycles. The Morgan fingerprint density at radius 1 is 1.09 bits per heavy atom. The van der Waals surface area contributed by atoms with Crippen LogP contribution in [-0.2, 0) is 0 Å². The molecule has 2 atom stereocenters. The Morgan fingerprint density at radius 3 is 2.36 bits per heavy atom. The van der Waals surface area contributed by atoms with Crippen molar-refractivity contribution in [1.82, 2.24) is 5.32 Å². The summed E-state index contributed by atoms with van der Waals surface area (Å²) in [4.78, 5) is 0. The topological polar surface area (TPSA) is 12.0 Å². The molecule has 1 heterocycles. The first-order chi connectivity index (χ1) is 5.38. The lowest BCUT2D eigenvalue weighted by atomic mass is 9.96. The number of hydrogen-bond donors (Lipinski definition) is 1. The number of halogens is 1. The van der Waals surface area contributed by atoms with Crippen molar-refractivity contribution in [3.05, 3.63) is 0 Å². The first-order valence-corrected chi connectivity index (χ1v) is 4.75. The molecule has 0 spiro atoms. The molecule has 0 aromatic rings. The third kappa shape index (κ3) is 1.41. The summed E-state index contributed by atoms with van der Waals surface area (Å²) in [5, 5.41) is 3.27. The third-order valence-corrected chi connectivity index (χ3v) is 3.10. The van der Waals surface area contributed by atoms with Crippen LogP contribution in [0.5, 0.6) is 0 Å². The molecular weight excluding hydrogens is 141 g/mol. The zero-order chi connectivity index (χ0) is 7.68. The van der Waals surface area contributed by atoms with Crippen LogP contribution in [0.2, 0.25) is 0 Å². The van der Waals surface area contributed by atoms with E-state index in [9.17, 15) is 4.39 Å². The van der Waals surface area contributed by atoms with Crippen LogP contribution in [0.15, 0.2) is 0 Å². The van der Waals surface area contributed by atoms with E-state index >= 15 is 0 Å². The molecule has 1 saturated carbocycles. The molecule has 64 valence electrons. The van der Waals surface area contributed by atoms with E-state index in [1.54, 1.807) is 0 Å². The van der Waals surface area contributed by atoms with Crippen molar-refractivity contribution >= 4 is 0 Å². The van der Waals surface area contributed by atoms with Gasteiger partial charge in [0.25, 0.3) is 0 Å². The van der Waals surface area contributed by atoms with Gasteiger partial charge in [-0.05, 0) is 31.7 Å². The Morgan fingerprint density at radius 2 is 1.82 bits per heavy atom. The summed E-state index contributed by atoms with van der Waals surface area (Å²) < 4.78 is 13.2. The minimum atomic E-state index is -0.557. The Bertz CT molecular complexity index is 132. The molecule has 1 N–H and O–H groups in total. The fourth-order valence-corrected chi connectivity index (χ4v) is 2.47. The first-order valence-electron chi connectivity index (χ1n) is 4.75. The van der Waals surface area contributed by atoms with Crippen LogP contribution in [-0.4, -0.2) is 18.8 Å². The SMILES string of the molecule is FC1CCNC1C1CCCC1. The van der Waals surface area contributed by atoms with Crippen LogP contribution in [0.25, 0.3) is 0 Å². The lowest BCUT2D eigenvalue weighted by molar-refractivity contribution is 0.242. The van der Waals surface area contributed by atoms with Gasteiger partial charge in [-0.15, -0.1) is 0 Å². The van der Waals surface area contributed by atoms with Crippen molar-refractivity contribution < 1.29 is 4.39 Å². The smallest absolute Gasteiger partial charge is 0.117 e.